The van der Waals surface area contributed by atoms with Crippen LogP contribution in [0.4, 0.5) is 0 Å². The second kappa shape index (κ2) is 7.38. The number of benzene rings is 1. The Morgan fingerprint density at radius 2 is 2.18 bits per heavy atom. The van der Waals surface area contributed by atoms with Crippen LogP contribution in [0.1, 0.15) is 25.0 Å². The molecule has 0 radical (unpaired) electrons. The molecule has 17 heavy (non-hydrogen) atoms. The first-order chi connectivity index (χ1) is 8.09. The molecule has 0 heterocycles. The van der Waals surface area contributed by atoms with Gasteiger partial charge in [-0.3, -0.25) is 4.79 Å². The summed E-state index contributed by atoms with van der Waals surface area (Å²) in [4.78, 5) is 11.3. The highest BCUT2D eigenvalue weighted by Gasteiger charge is 2.04. The van der Waals surface area contributed by atoms with Crippen LogP contribution in [0.3, 0.4) is 0 Å². The maximum atomic E-state index is 11.3. The Kier molecular flexibility index (Phi) is 6.12. The molecule has 0 saturated heterocycles. The Balaban J connectivity index is 2.14. The molecule has 0 aliphatic carbocycles. The van der Waals surface area contributed by atoms with Crippen molar-refractivity contribution in [2.75, 3.05) is 12.3 Å². The molecule has 0 spiro atoms. The first kappa shape index (κ1) is 14.1. The molecule has 0 aliphatic heterocycles. The highest BCUT2D eigenvalue weighted by molar-refractivity contribution is 7.98. The van der Waals surface area contributed by atoms with E-state index >= 15 is 0 Å². The molecule has 1 aromatic carbocycles. The molecule has 0 aliphatic rings. The van der Waals surface area contributed by atoms with Gasteiger partial charge in [0.25, 0.3) is 0 Å². The molecule has 0 atom stereocenters. The van der Waals surface area contributed by atoms with Crippen LogP contribution in [0.15, 0.2) is 24.3 Å². The third-order valence-electron chi connectivity index (χ3n) is 2.42. The van der Waals surface area contributed by atoms with E-state index in [1.54, 1.807) is 0 Å². The minimum Gasteiger partial charge on any atom is -0.355 e. The lowest BCUT2D eigenvalue weighted by molar-refractivity contribution is -0.123. The lowest BCUT2D eigenvalue weighted by Crippen LogP contribution is -2.29. The van der Waals surface area contributed by atoms with Crippen LogP contribution in [0.2, 0.25) is 0 Å². The fraction of sp³-hybridized carbons (Fsp3) is 0.500. The number of aryl methyl sites for hydroxylation is 1. The molecule has 3 heteroatoms. The van der Waals surface area contributed by atoms with E-state index < -0.39 is 0 Å². The van der Waals surface area contributed by atoms with Gasteiger partial charge in [0.2, 0.25) is 5.91 Å². The van der Waals surface area contributed by atoms with Gasteiger partial charge in [-0.05, 0) is 12.5 Å². The van der Waals surface area contributed by atoms with Crippen molar-refractivity contribution in [3.8, 4) is 0 Å². The Morgan fingerprint density at radius 1 is 1.41 bits per heavy atom. The molecular weight excluding hydrogens is 230 g/mol. The maximum Gasteiger partial charge on any atom is 0.222 e. The summed E-state index contributed by atoms with van der Waals surface area (Å²) in [7, 11) is 0. The van der Waals surface area contributed by atoms with Gasteiger partial charge in [0.1, 0.15) is 0 Å². The maximum absolute atomic E-state index is 11.3. The lowest BCUT2D eigenvalue weighted by atomic mass is 10.2. The van der Waals surface area contributed by atoms with E-state index in [0.29, 0.717) is 0 Å². The highest BCUT2D eigenvalue weighted by Crippen LogP contribution is 2.12. The fourth-order valence-electron chi connectivity index (χ4n) is 1.44. The van der Waals surface area contributed by atoms with Crippen molar-refractivity contribution in [2.24, 2.45) is 5.92 Å². The smallest absolute Gasteiger partial charge is 0.222 e. The number of amides is 1. The zero-order valence-corrected chi connectivity index (χ0v) is 11.6. The first-order valence-corrected chi connectivity index (χ1v) is 7.16. The standard InChI is InChI=1S/C14H21NOS/c1-11(2)14(16)15-7-8-17-10-13-6-4-5-12(3)9-13/h4-6,9,11H,7-8,10H2,1-3H3,(H,15,16). The van der Waals surface area contributed by atoms with E-state index in [4.69, 9.17) is 0 Å². The van der Waals surface area contributed by atoms with E-state index in [0.717, 1.165) is 18.1 Å². The average molecular weight is 251 g/mol. The van der Waals surface area contributed by atoms with Gasteiger partial charge < -0.3 is 5.32 Å². The SMILES string of the molecule is Cc1cccc(CSCCNC(=O)C(C)C)c1. The van der Waals surface area contributed by atoms with Crippen molar-refractivity contribution in [3.63, 3.8) is 0 Å². The molecule has 0 unspecified atom stereocenters. The summed E-state index contributed by atoms with van der Waals surface area (Å²) in [6, 6.07) is 8.55. The summed E-state index contributed by atoms with van der Waals surface area (Å²) >= 11 is 1.85. The zero-order valence-electron chi connectivity index (χ0n) is 10.8. The predicted molar refractivity (Wildman–Crippen MR) is 75.2 cm³/mol. The van der Waals surface area contributed by atoms with Crippen LogP contribution in [-0.2, 0) is 10.5 Å². The van der Waals surface area contributed by atoms with Crippen molar-refractivity contribution >= 4 is 17.7 Å². The number of carbonyl (C=O) groups is 1. The number of hydrogen-bond donors (Lipinski definition) is 1. The molecule has 0 aromatic heterocycles. The van der Waals surface area contributed by atoms with E-state index in [1.807, 2.05) is 25.6 Å². The summed E-state index contributed by atoms with van der Waals surface area (Å²) in [6.45, 7) is 6.69. The Hall–Kier alpha value is -0.960. The molecule has 1 aromatic rings. The fourth-order valence-corrected chi connectivity index (χ4v) is 2.25. The highest BCUT2D eigenvalue weighted by atomic mass is 32.2. The first-order valence-electron chi connectivity index (χ1n) is 6.00. The lowest BCUT2D eigenvalue weighted by Gasteiger charge is -2.07. The van der Waals surface area contributed by atoms with E-state index in [-0.39, 0.29) is 11.8 Å². The third kappa shape index (κ3) is 5.78. The van der Waals surface area contributed by atoms with Gasteiger partial charge in [0.05, 0.1) is 0 Å². The van der Waals surface area contributed by atoms with Gasteiger partial charge in [-0.25, -0.2) is 0 Å². The molecule has 1 amide bonds. The van der Waals surface area contributed by atoms with Crippen molar-refractivity contribution in [1.82, 2.24) is 5.32 Å². The molecular formula is C14H21NOS. The third-order valence-corrected chi connectivity index (χ3v) is 3.45. The second-order valence-electron chi connectivity index (χ2n) is 4.49. The van der Waals surface area contributed by atoms with Crippen LogP contribution in [-0.4, -0.2) is 18.2 Å². The normalized spacial score (nSPS) is 10.6. The predicted octanol–water partition coefficient (Wildman–Crippen LogP) is 3.00. The van der Waals surface area contributed by atoms with E-state index in [1.165, 1.54) is 11.1 Å². The van der Waals surface area contributed by atoms with E-state index in [9.17, 15) is 4.79 Å². The summed E-state index contributed by atoms with van der Waals surface area (Å²) in [5.74, 6) is 2.20. The largest absolute Gasteiger partial charge is 0.355 e. The average Bonchev–Trinajstić information content (AvgIpc) is 2.28. The number of rotatable bonds is 6. The van der Waals surface area contributed by atoms with Gasteiger partial charge in [0, 0.05) is 24.0 Å². The molecule has 2 nitrogen and oxygen atoms in total. The van der Waals surface area contributed by atoms with Gasteiger partial charge in [0.15, 0.2) is 0 Å². The monoisotopic (exact) mass is 251 g/mol. The quantitative estimate of drug-likeness (QED) is 0.788. The summed E-state index contributed by atoms with van der Waals surface area (Å²) in [5, 5.41) is 2.92. The molecule has 0 saturated carbocycles. The van der Waals surface area contributed by atoms with Crippen LogP contribution in [0.5, 0.6) is 0 Å². The van der Waals surface area contributed by atoms with Crippen LogP contribution in [0.25, 0.3) is 0 Å². The molecule has 0 fully saturated rings. The number of nitrogens with one attached hydrogen (secondary N) is 1. The Bertz CT molecular complexity index is 363. The van der Waals surface area contributed by atoms with Crippen molar-refractivity contribution in [2.45, 2.75) is 26.5 Å². The summed E-state index contributed by atoms with van der Waals surface area (Å²) in [6.07, 6.45) is 0. The van der Waals surface area contributed by atoms with Crippen molar-refractivity contribution < 1.29 is 4.79 Å². The van der Waals surface area contributed by atoms with Gasteiger partial charge >= 0.3 is 0 Å². The summed E-state index contributed by atoms with van der Waals surface area (Å²) < 4.78 is 0. The minimum absolute atomic E-state index is 0.0803. The van der Waals surface area contributed by atoms with Gasteiger partial charge in [-0.15, -0.1) is 0 Å². The Morgan fingerprint density at radius 3 is 2.82 bits per heavy atom. The van der Waals surface area contributed by atoms with Crippen LogP contribution in [0, 0.1) is 12.8 Å². The summed E-state index contributed by atoms with van der Waals surface area (Å²) in [5.41, 5.74) is 2.65. The zero-order chi connectivity index (χ0) is 12.7. The van der Waals surface area contributed by atoms with Crippen LogP contribution >= 0.6 is 11.8 Å². The van der Waals surface area contributed by atoms with Crippen molar-refractivity contribution in [3.05, 3.63) is 35.4 Å². The van der Waals surface area contributed by atoms with Gasteiger partial charge in [-0.2, -0.15) is 11.8 Å². The molecule has 1 rings (SSSR count). The number of hydrogen-bond acceptors (Lipinski definition) is 2. The van der Waals surface area contributed by atoms with E-state index in [2.05, 4.69) is 36.5 Å². The minimum atomic E-state index is 0.0803. The number of thioether (sulfide) groups is 1. The van der Waals surface area contributed by atoms with Crippen molar-refractivity contribution in [1.29, 1.82) is 0 Å². The van der Waals surface area contributed by atoms with Crippen LogP contribution < -0.4 is 5.32 Å². The topological polar surface area (TPSA) is 29.1 Å². The Labute approximate surface area is 108 Å². The molecule has 0 bridgehead atoms. The molecule has 94 valence electrons. The van der Waals surface area contributed by atoms with Gasteiger partial charge in [-0.1, -0.05) is 43.7 Å². The second-order valence-corrected chi connectivity index (χ2v) is 5.59. The molecule has 1 N–H and O–H groups in total. The number of carbonyl (C=O) groups excluding carboxylic acids is 1.